The number of benzene rings is 1. The first-order chi connectivity index (χ1) is 10.7. The predicted octanol–water partition coefficient (Wildman–Crippen LogP) is 5.34. The SMILES string of the molecule is CC(C)CCOc1ccccc1C(C)NCC1CCCCC1. The van der Waals surface area contributed by atoms with Gasteiger partial charge in [0.05, 0.1) is 6.61 Å². The van der Waals surface area contributed by atoms with Crippen LogP contribution in [-0.2, 0) is 0 Å². The van der Waals surface area contributed by atoms with Crippen molar-refractivity contribution in [2.45, 2.75) is 65.3 Å². The van der Waals surface area contributed by atoms with E-state index in [1.807, 2.05) is 0 Å². The summed E-state index contributed by atoms with van der Waals surface area (Å²) < 4.78 is 6.02. The van der Waals surface area contributed by atoms with Gasteiger partial charge in [-0.25, -0.2) is 0 Å². The third kappa shape index (κ3) is 5.64. The number of ether oxygens (including phenoxy) is 1. The van der Waals surface area contributed by atoms with Gasteiger partial charge in [-0.15, -0.1) is 0 Å². The van der Waals surface area contributed by atoms with Gasteiger partial charge in [0.25, 0.3) is 0 Å². The first-order valence-electron chi connectivity index (χ1n) is 9.12. The van der Waals surface area contributed by atoms with Gasteiger partial charge in [0, 0.05) is 11.6 Å². The molecule has 1 saturated carbocycles. The Morgan fingerprint density at radius 2 is 1.82 bits per heavy atom. The van der Waals surface area contributed by atoms with Crippen LogP contribution in [0.25, 0.3) is 0 Å². The lowest BCUT2D eigenvalue weighted by Gasteiger charge is -2.25. The van der Waals surface area contributed by atoms with Gasteiger partial charge in [0.2, 0.25) is 0 Å². The van der Waals surface area contributed by atoms with Crippen LogP contribution in [-0.4, -0.2) is 13.2 Å². The van der Waals surface area contributed by atoms with Crippen molar-refractivity contribution < 1.29 is 4.74 Å². The van der Waals surface area contributed by atoms with Crippen molar-refractivity contribution in [3.8, 4) is 5.75 Å². The maximum atomic E-state index is 6.02. The highest BCUT2D eigenvalue weighted by Crippen LogP contribution is 2.27. The molecule has 1 unspecified atom stereocenters. The van der Waals surface area contributed by atoms with Crippen molar-refractivity contribution >= 4 is 0 Å². The first-order valence-corrected chi connectivity index (χ1v) is 9.12. The molecule has 1 aromatic rings. The summed E-state index contributed by atoms with van der Waals surface area (Å²) in [5, 5.41) is 3.73. The summed E-state index contributed by atoms with van der Waals surface area (Å²) in [5.41, 5.74) is 1.29. The standard InChI is InChI=1S/C20H33NO/c1-16(2)13-14-22-20-12-8-7-11-19(20)17(3)21-15-18-9-5-4-6-10-18/h7-8,11-12,16-18,21H,4-6,9-10,13-15H2,1-3H3. The fourth-order valence-electron chi connectivity index (χ4n) is 3.22. The average molecular weight is 303 g/mol. The normalized spacial score (nSPS) is 17.6. The van der Waals surface area contributed by atoms with Crippen molar-refractivity contribution in [1.29, 1.82) is 0 Å². The van der Waals surface area contributed by atoms with Crippen LogP contribution in [0.3, 0.4) is 0 Å². The van der Waals surface area contributed by atoms with Gasteiger partial charge in [-0.2, -0.15) is 0 Å². The van der Waals surface area contributed by atoms with E-state index < -0.39 is 0 Å². The summed E-state index contributed by atoms with van der Waals surface area (Å²) in [6, 6.07) is 8.85. The summed E-state index contributed by atoms with van der Waals surface area (Å²) in [4.78, 5) is 0. The van der Waals surface area contributed by atoms with Crippen LogP contribution in [0, 0.1) is 11.8 Å². The van der Waals surface area contributed by atoms with E-state index in [0.717, 1.165) is 31.2 Å². The van der Waals surface area contributed by atoms with E-state index >= 15 is 0 Å². The molecule has 0 aromatic heterocycles. The van der Waals surface area contributed by atoms with Crippen molar-refractivity contribution in [2.75, 3.05) is 13.2 Å². The molecular weight excluding hydrogens is 270 g/mol. The van der Waals surface area contributed by atoms with E-state index in [-0.39, 0.29) is 0 Å². The summed E-state index contributed by atoms with van der Waals surface area (Å²) in [6.45, 7) is 8.69. The Morgan fingerprint density at radius 3 is 2.55 bits per heavy atom. The second kappa shape index (κ2) is 9.19. The molecule has 2 heteroatoms. The van der Waals surface area contributed by atoms with Crippen LogP contribution in [0.4, 0.5) is 0 Å². The molecule has 1 aliphatic rings. The average Bonchev–Trinajstić information content (AvgIpc) is 2.54. The van der Waals surface area contributed by atoms with Gasteiger partial charge in [-0.05, 0) is 50.6 Å². The molecule has 0 amide bonds. The summed E-state index contributed by atoms with van der Waals surface area (Å²) >= 11 is 0. The topological polar surface area (TPSA) is 21.3 Å². The number of rotatable bonds is 8. The zero-order valence-corrected chi connectivity index (χ0v) is 14.6. The van der Waals surface area contributed by atoms with E-state index in [9.17, 15) is 0 Å². The molecule has 0 bridgehead atoms. The van der Waals surface area contributed by atoms with Gasteiger partial charge < -0.3 is 10.1 Å². The molecule has 0 radical (unpaired) electrons. The van der Waals surface area contributed by atoms with Crippen LogP contribution in [0.2, 0.25) is 0 Å². The van der Waals surface area contributed by atoms with E-state index in [2.05, 4.69) is 50.4 Å². The molecule has 1 fully saturated rings. The molecule has 0 heterocycles. The van der Waals surface area contributed by atoms with Gasteiger partial charge in [-0.1, -0.05) is 51.3 Å². The Bertz CT molecular complexity index is 423. The van der Waals surface area contributed by atoms with Gasteiger partial charge in [-0.3, -0.25) is 0 Å². The second-order valence-corrected chi connectivity index (χ2v) is 7.20. The maximum Gasteiger partial charge on any atom is 0.124 e. The van der Waals surface area contributed by atoms with Gasteiger partial charge >= 0.3 is 0 Å². The predicted molar refractivity (Wildman–Crippen MR) is 94.4 cm³/mol. The fraction of sp³-hybridized carbons (Fsp3) is 0.700. The Balaban J connectivity index is 1.86. The lowest BCUT2D eigenvalue weighted by Crippen LogP contribution is -2.27. The molecule has 1 atom stereocenters. The quantitative estimate of drug-likeness (QED) is 0.699. The molecule has 1 aromatic carbocycles. The van der Waals surface area contributed by atoms with Crippen molar-refractivity contribution in [3.05, 3.63) is 29.8 Å². The number of hydrogen-bond donors (Lipinski definition) is 1. The van der Waals surface area contributed by atoms with Crippen molar-refractivity contribution in [2.24, 2.45) is 11.8 Å². The fourth-order valence-corrected chi connectivity index (χ4v) is 3.22. The zero-order valence-electron chi connectivity index (χ0n) is 14.6. The summed E-state index contributed by atoms with van der Waals surface area (Å²) in [6.07, 6.45) is 8.15. The van der Waals surface area contributed by atoms with E-state index in [1.54, 1.807) is 0 Å². The molecule has 0 aliphatic heterocycles. The van der Waals surface area contributed by atoms with Gasteiger partial charge in [0.15, 0.2) is 0 Å². The molecule has 124 valence electrons. The van der Waals surface area contributed by atoms with Crippen LogP contribution >= 0.6 is 0 Å². The molecule has 1 aliphatic carbocycles. The largest absolute Gasteiger partial charge is 0.493 e. The minimum absolute atomic E-state index is 0.358. The lowest BCUT2D eigenvalue weighted by molar-refractivity contribution is 0.282. The molecule has 0 saturated heterocycles. The third-order valence-corrected chi connectivity index (χ3v) is 4.78. The number of para-hydroxylation sites is 1. The first kappa shape index (κ1) is 17.3. The van der Waals surface area contributed by atoms with Crippen LogP contribution < -0.4 is 10.1 Å². The second-order valence-electron chi connectivity index (χ2n) is 7.20. The highest BCUT2D eigenvalue weighted by molar-refractivity contribution is 5.35. The number of hydrogen-bond acceptors (Lipinski definition) is 2. The highest BCUT2D eigenvalue weighted by Gasteiger charge is 2.16. The smallest absolute Gasteiger partial charge is 0.124 e. The molecule has 2 nitrogen and oxygen atoms in total. The van der Waals surface area contributed by atoms with E-state index in [4.69, 9.17) is 4.74 Å². The summed E-state index contributed by atoms with van der Waals surface area (Å²) in [7, 11) is 0. The number of nitrogens with one attached hydrogen (secondary N) is 1. The van der Waals surface area contributed by atoms with Crippen LogP contribution in [0.15, 0.2) is 24.3 Å². The molecule has 22 heavy (non-hydrogen) atoms. The Hall–Kier alpha value is -1.02. The van der Waals surface area contributed by atoms with Crippen LogP contribution in [0.5, 0.6) is 5.75 Å². The monoisotopic (exact) mass is 303 g/mol. The minimum Gasteiger partial charge on any atom is -0.493 e. The Morgan fingerprint density at radius 1 is 1.09 bits per heavy atom. The minimum atomic E-state index is 0.358. The lowest BCUT2D eigenvalue weighted by atomic mass is 9.89. The van der Waals surface area contributed by atoms with E-state index in [1.165, 1.54) is 37.7 Å². The molecule has 1 N–H and O–H groups in total. The molecular formula is C20H33NO. The maximum absolute atomic E-state index is 6.02. The van der Waals surface area contributed by atoms with Crippen molar-refractivity contribution in [3.63, 3.8) is 0 Å². The molecule has 2 rings (SSSR count). The highest BCUT2D eigenvalue weighted by atomic mass is 16.5. The van der Waals surface area contributed by atoms with Gasteiger partial charge in [0.1, 0.15) is 5.75 Å². The van der Waals surface area contributed by atoms with Crippen LogP contribution in [0.1, 0.15) is 70.9 Å². The van der Waals surface area contributed by atoms with E-state index in [0.29, 0.717) is 12.0 Å². The molecule has 0 spiro atoms. The Kier molecular flexibility index (Phi) is 7.24. The third-order valence-electron chi connectivity index (χ3n) is 4.78. The zero-order chi connectivity index (χ0) is 15.8. The Labute approximate surface area is 136 Å². The summed E-state index contributed by atoms with van der Waals surface area (Å²) in [5.74, 6) is 2.60. The van der Waals surface area contributed by atoms with Crippen molar-refractivity contribution in [1.82, 2.24) is 5.32 Å².